The van der Waals surface area contributed by atoms with Crippen molar-refractivity contribution in [1.82, 2.24) is 0 Å². The predicted octanol–water partition coefficient (Wildman–Crippen LogP) is 5.37. The first kappa shape index (κ1) is 14.6. The summed E-state index contributed by atoms with van der Waals surface area (Å²) < 4.78 is 28.1. The van der Waals surface area contributed by atoms with Crippen LogP contribution in [-0.4, -0.2) is 5.78 Å². The number of hydrogen-bond donors (Lipinski definition) is 0. The Bertz CT molecular complexity index is 654. The summed E-state index contributed by atoms with van der Waals surface area (Å²) in [6.45, 7) is 0. The number of carbonyl (C=O) groups is 1. The summed E-state index contributed by atoms with van der Waals surface area (Å²) in [4.78, 5) is 12.2. The standard InChI is InChI=1S/C13H5Br2ClF2O/c14-7-3-6(4-8(16)5-7)13(19)11-10(17)2-1-9(15)12(11)18/h1-5H. The maximum Gasteiger partial charge on any atom is 0.199 e. The van der Waals surface area contributed by atoms with Gasteiger partial charge >= 0.3 is 0 Å². The zero-order chi connectivity index (χ0) is 14.2. The lowest BCUT2D eigenvalue weighted by molar-refractivity contribution is 0.103. The summed E-state index contributed by atoms with van der Waals surface area (Å²) in [6, 6.07) is 6.61. The third-order valence-electron chi connectivity index (χ3n) is 2.40. The van der Waals surface area contributed by atoms with Gasteiger partial charge in [0.25, 0.3) is 0 Å². The molecule has 0 aromatic heterocycles. The molecule has 0 saturated carbocycles. The van der Waals surface area contributed by atoms with Crippen LogP contribution in [0.3, 0.4) is 0 Å². The van der Waals surface area contributed by atoms with Crippen molar-refractivity contribution >= 4 is 49.2 Å². The molecule has 2 rings (SSSR count). The van der Waals surface area contributed by atoms with Crippen molar-refractivity contribution < 1.29 is 13.6 Å². The van der Waals surface area contributed by atoms with Crippen LogP contribution in [0.2, 0.25) is 5.02 Å². The van der Waals surface area contributed by atoms with Crippen LogP contribution in [0, 0.1) is 11.6 Å². The molecule has 0 amide bonds. The molecule has 0 unspecified atom stereocenters. The molecule has 2 aromatic carbocycles. The van der Waals surface area contributed by atoms with E-state index >= 15 is 0 Å². The van der Waals surface area contributed by atoms with Gasteiger partial charge in [0.05, 0.1) is 10.0 Å². The minimum Gasteiger partial charge on any atom is -0.288 e. The van der Waals surface area contributed by atoms with E-state index in [0.717, 1.165) is 6.07 Å². The van der Waals surface area contributed by atoms with E-state index in [1.807, 2.05) is 0 Å². The molecule has 0 radical (unpaired) electrons. The number of ketones is 1. The molecule has 98 valence electrons. The van der Waals surface area contributed by atoms with Crippen LogP contribution in [0.4, 0.5) is 8.78 Å². The van der Waals surface area contributed by atoms with Gasteiger partial charge in [0.2, 0.25) is 0 Å². The van der Waals surface area contributed by atoms with Crippen molar-refractivity contribution in [2.45, 2.75) is 0 Å². The summed E-state index contributed by atoms with van der Waals surface area (Å²) >= 11 is 11.9. The van der Waals surface area contributed by atoms with Gasteiger partial charge in [0.15, 0.2) is 11.6 Å². The van der Waals surface area contributed by atoms with Gasteiger partial charge in [-0.25, -0.2) is 8.78 Å². The SMILES string of the molecule is O=C(c1cc(Cl)cc(Br)c1)c1c(F)ccc(Br)c1F. The lowest BCUT2D eigenvalue weighted by Gasteiger charge is -2.07. The lowest BCUT2D eigenvalue weighted by atomic mass is 10.0. The number of hydrogen-bond acceptors (Lipinski definition) is 1. The van der Waals surface area contributed by atoms with Crippen molar-refractivity contribution in [2.24, 2.45) is 0 Å². The fourth-order valence-electron chi connectivity index (χ4n) is 1.56. The van der Waals surface area contributed by atoms with Crippen molar-refractivity contribution in [3.8, 4) is 0 Å². The molecule has 1 nitrogen and oxygen atoms in total. The number of rotatable bonds is 2. The van der Waals surface area contributed by atoms with Gasteiger partial charge in [-0.15, -0.1) is 0 Å². The maximum absolute atomic E-state index is 13.8. The van der Waals surface area contributed by atoms with Crippen molar-refractivity contribution in [3.05, 3.63) is 67.1 Å². The fourth-order valence-corrected chi connectivity index (χ4v) is 2.76. The Kier molecular flexibility index (Phi) is 4.38. The normalized spacial score (nSPS) is 10.6. The second-order valence-corrected chi connectivity index (χ2v) is 5.91. The molecule has 0 aliphatic rings. The Balaban J connectivity index is 2.59. The molecule has 0 aliphatic carbocycles. The Labute approximate surface area is 129 Å². The van der Waals surface area contributed by atoms with Crippen molar-refractivity contribution in [1.29, 1.82) is 0 Å². The quantitative estimate of drug-likeness (QED) is 0.480. The number of halogens is 5. The third-order valence-corrected chi connectivity index (χ3v) is 3.68. The van der Waals surface area contributed by atoms with E-state index in [9.17, 15) is 13.6 Å². The van der Waals surface area contributed by atoms with E-state index in [1.165, 1.54) is 18.2 Å². The van der Waals surface area contributed by atoms with Gasteiger partial charge in [0.1, 0.15) is 5.82 Å². The minimum atomic E-state index is -0.930. The highest BCUT2D eigenvalue weighted by Gasteiger charge is 2.21. The van der Waals surface area contributed by atoms with E-state index in [0.29, 0.717) is 9.50 Å². The molecule has 0 spiro atoms. The van der Waals surface area contributed by atoms with E-state index in [-0.39, 0.29) is 10.0 Å². The average Bonchev–Trinajstić information content (AvgIpc) is 2.33. The molecule has 0 fully saturated rings. The first-order valence-electron chi connectivity index (χ1n) is 5.04. The topological polar surface area (TPSA) is 17.1 Å². The summed E-state index contributed by atoms with van der Waals surface area (Å²) in [6.07, 6.45) is 0. The van der Waals surface area contributed by atoms with Crippen molar-refractivity contribution in [2.75, 3.05) is 0 Å². The van der Waals surface area contributed by atoms with Gasteiger partial charge in [-0.05, 0) is 46.3 Å². The van der Waals surface area contributed by atoms with Crippen molar-refractivity contribution in [3.63, 3.8) is 0 Å². The van der Waals surface area contributed by atoms with Crippen LogP contribution in [0.25, 0.3) is 0 Å². The predicted molar refractivity (Wildman–Crippen MR) is 76.6 cm³/mol. The average molecular weight is 410 g/mol. The zero-order valence-electron chi connectivity index (χ0n) is 9.18. The Hall–Kier alpha value is -0.780. The minimum absolute atomic E-state index is 0.0262. The third kappa shape index (κ3) is 3.04. The molecule has 19 heavy (non-hydrogen) atoms. The van der Waals surface area contributed by atoms with Crippen LogP contribution in [0.5, 0.6) is 0 Å². The molecule has 0 aliphatic heterocycles. The zero-order valence-corrected chi connectivity index (χ0v) is 13.1. The van der Waals surface area contributed by atoms with E-state index in [2.05, 4.69) is 31.9 Å². The van der Waals surface area contributed by atoms with E-state index in [1.54, 1.807) is 6.07 Å². The second-order valence-electron chi connectivity index (χ2n) is 3.71. The molecule has 2 aromatic rings. The molecule has 0 heterocycles. The molecule has 0 saturated heterocycles. The van der Waals surface area contributed by atoms with Crippen LogP contribution < -0.4 is 0 Å². The largest absolute Gasteiger partial charge is 0.288 e. The summed E-state index contributed by atoms with van der Waals surface area (Å²) in [5.74, 6) is -2.61. The summed E-state index contributed by atoms with van der Waals surface area (Å²) in [7, 11) is 0. The first-order valence-corrected chi connectivity index (χ1v) is 7.01. The summed E-state index contributed by atoms with van der Waals surface area (Å²) in [5, 5.41) is 0.300. The Morgan fingerprint density at radius 3 is 2.42 bits per heavy atom. The van der Waals surface area contributed by atoms with Crippen LogP contribution in [0.1, 0.15) is 15.9 Å². The van der Waals surface area contributed by atoms with Gasteiger partial charge in [-0.3, -0.25) is 4.79 Å². The maximum atomic E-state index is 13.8. The van der Waals surface area contributed by atoms with Gasteiger partial charge in [0, 0.05) is 15.1 Å². The first-order chi connectivity index (χ1) is 8.90. The molecular formula is C13H5Br2ClF2O. The van der Waals surface area contributed by atoms with Gasteiger partial charge in [-0.1, -0.05) is 27.5 Å². The van der Waals surface area contributed by atoms with Crippen LogP contribution in [-0.2, 0) is 0 Å². The molecule has 0 atom stereocenters. The number of carbonyl (C=O) groups excluding carboxylic acids is 1. The van der Waals surface area contributed by atoms with E-state index in [4.69, 9.17) is 11.6 Å². The molecule has 0 N–H and O–H groups in total. The van der Waals surface area contributed by atoms with E-state index < -0.39 is 23.0 Å². The highest BCUT2D eigenvalue weighted by atomic mass is 79.9. The van der Waals surface area contributed by atoms with Gasteiger partial charge in [-0.2, -0.15) is 0 Å². The van der Waals surface area contributed by atoms with Crippen LogP contribution in [0.15, 0.2) is 39.3 Å². The van der Waals surface area contributed by atoms with Crippen LogP contribution >= 0.6 is 43.5 Å². The highest BCUT2D eigenvalue weighted by molar-refractivity contribution is 9.10. The Morgan fingerprint density at radius 1 is 1.11 bits per heavy atom. The summed E-state index contributed by atoms with van der Waals surface area (Å²) in [5.41, 5.74) is -0.501. The van der Waals surface area contributed by atoms with Gasteiger partial charge < -0.3 is 0 Å². The monoisotopic (exact) mass is 408 g/mol. The molecule has 0 bridgehead atoms. The molecule has 6 heteroatoms. The second kappa shape index (κ2) is 5.69. The lowest BCUT2D eigenvalue weighted by Crippen LogP contribution is -2.08. The Morgan fingerprint density at radius 2 is 1.79 bits per heavy atom. The fraction of sp³-hybridized carbons (Fsp3) is 0. The molecular weight excluding hydrogens is 405 g/mol. The highest BCUT2D eigenvalue weighted by Crippen LogP contribution is 2.26. The number of benzene rings is 2. The smallest absolute Gasteiger partial charge is 0.199 e.